The maximum Gasteiger partial charge on any atom is 0.240 e. The van der Waals surface area contributed by atoms with Gasteiger partial charge in [-0.3, -0.25) is 4.57 Å². The molecule has 0 aliphatic carbocycles. The van der Waals surface area contributed by atoms with Gasteiger partial charge in [-0.05, 0) is 25.0 Å². The summed E-state index contributed by atoms with van der Waals surface area (Å²) in [7, 11) is 1.79. The third-order valence-electron chi connectivity index (χ3n) is 3.43. The second-order valence-electron chi connectivity index (χ2n) is 4.75. The van der Waals surface area contributed by atoms with Crippen LogP contribution in [0.4, 0.5) is 5.95 Å². The smallest absolute Gasteiger partial charge is 0.240 e. The number of nitrogens with zero attached hydrogens (tertiary/aromatic N) is 5. The molecular formula is C15H16N6. The van der Waals surface area contributed by atoms with E-state index in [0.29, 0.717) is 17.7 Å². The summed E-state index contributed by atoms with van der Waals surface area (Å²) in [4.78, 5) is 17.4. The molecule has 0 amide bonds. The molecule has 2 aromatic heterocycles. The lowest BCUT2D eigenvalue weighted by molar-refractivity contribution is 0.901. The maximum absolute atomic E-state index is 4.56. The highest BCUT2D eigenvalue weighted by molar-refractivity contribution is 5.63. The van der Waals surface area contributed by atoms with Gasteiger partial charge in [0.2, 0.25) is 11.9 Å². The van der Waals surface area contributed by atoms with Crippen molar-refractivity contribution in [2.45, 2.75) is 13.8 Å². The molecule has 6 nitrogen and oxygen atoms in total. The molecule has 3 aromatic rings. The summed E-state index contributed by atoms with van der Waals surface area (Å²) in [6.07, 6.45) is 5.17. The number of hydrogen-bond donors (Lipinski definition) is 1. The average Bonchev–Trinajstić information content (AvgIpc) is 3.04. The molecule has 106 valence electrons. The standard InChI is InChI=1S/C15H16N6/c1-10-5-4-6-12(11(10)2)13-18-14(16-3)20-15(19-13)21-8-7-17-9-21/h4-9H,1-3H3,(H,16,18,19,20). The van der Waals surface area contributed by atoms with Crippen LogP contribution in [0.3, 0.4) is 0 Å². The predicted molar refractivity (Wildman–Crippen MR) is 81.4 cm³/mol. The van der Waals surface area contributed by atoms with Gasteiger partial charge in [0.15, 0.2) is 5.82 Å². The fourth-order valence-electron chi connectivity index (χ4n) is 2.08. The molecule has 0 aliphatic heterocycles. The minimum Gasteiger partial charge on any atom is -0.357 e. The molecule has 0 aliphatic rings. The summed E-state index contributed by atoms with van der Waals surface area (Å²) in [5, 5.41) is 2.98. The highest BCUT2D eigenvalue weighted by Gasteiger charge is 2.11. The minimum atomic E-state index is 0.532. The van der Waals surface area contributed by atoms with E-state index >= 15 is 0 Å². The highest BCUT2D eigenvalue weighted by atomic mass is 15.2. The van der Waals surface area contributed by atoms with Crippen LogP contribution in [-0.2, 0) is 0 Å². The van der Waals surface area contributed by atoms with Gasteiger partial charge in [-0.15, -0.1) is 0 Å². The fourth-order valence-corrected chi connectivity index (χ4v) is 2.08. The Kier molecular flexibility index (Phi) is 3.35. The number of rotatable bonds is 3. The number of aryl methyl sites for hydroxylation is 1. The largest absolute Gasteiger partial charge is 0.357 e. The predicted octanol–water partition coefficient (Wildman–Crippen LogP) is 2.38. The summed E-state index contributed by atoms with van der Waals surface area (Å²) in [5.41, 5.74) is 3.39. The molecule has 6 heteroatoms. The van der Waals surface area contributed by atoms with Crippen molar-refractivity contribution < 1.29 is 0 Å². The van der Waals surface area contributed by atoms with Crippen LogP contribution in [0.25, 0.3) is 17.3 Å². The van der Waals surface area contributed by atoms with Crippen LogP contribution < -0.4 is 5.32 Å². The zero-order valence-corrected chi connectivity index (χ0v) is 12.2. The number of hydrogen-bond acceptors (Lipinski definition) is 5. The molecule has 1 N–H and O–H groups in total. The van der Waals surface area contributed by atoms with Gasteiger partial charge in [0.25, 0.3) is 0 Å². The molecule has 0 unspecified atom stereocenters. The average molecular weight is 280 g/mol. The van der Waals surface area contributed by atoms with Gasteiger partial charge >= 0.3 is 0 Å². The van der Waals surface area contributed by atoms with Crippen molar-refractivity contribution in [3.63, 3.8) is 0 Å². The fraction of sp³-hybridized carbons (Fsp3) is 0.200. The summed E-state index contributed by atoms with van der Waals surface area (Å²) in [5.74, 6) is 1.73. The SMILES string of the molecule is CNc1nc(-c2cccc(C)c2C)nc(-n2ccnc2)n1. The van der Waals surface area contributed by atoms with Gasteiger partial charge in [0.1, 0.15) is 6.33 Å². The van der Waals surface area contributed by atoms with E-state index < -0.39 is 0 Å². The Morgan fingerprint density at radius 1 is 1.10 bits per heavy atom. The zero-order valence-electron chi connectivity index (χ0n) is 12.2. The Bertz CT molecular complexity index is 764. The Morgan fingerprint density at radius 2 is 1.95 bits per heavy atom. The highest BCUT2D eigenvalue weighted by Crippen LogP contribution is 2.23. The lowest BCUT2D eigenvalue weighted by Crippen LogP contribution is -2.07. The number of aromatic nitrogens is 5. The molecule has 0 spiro atoms. The van der Waals surface area contributed by atoms with Crippen molar-refractivity contribution in [2.24, 2.45) is 0 Å². The van der Waals surface area contributed by atoms with Gasteiger partial charge in [0, 0.05) is 25.0 Å². The van der Waals surface area contributed by atoms with Crippen LogP contribution in [-0.4, -0.2) is 31.6 Å². The Hall–Kier alpha value is -2.76. The first-order chi connectivity index (χ1) is 10.2. The lowest BCUT2D eigenvalue weighted by Gasteiger charge is -2.10. The van der Waals surface area contributed by atoms with Crippen LogP contribution in [0, 0.1) is 13.8 Å². The summed E-state index contributed by atoms with van der Waals surface area (Å²) in [6.45, 7) is 4.15. The molecule has 0 fully saturated rings. The van der Waals surface area contributed by atoms with E-state index in [-0.39, 0.29) is 0 Å². The third-order valence-corrected chi connectivity index (χ3v) is 3.43. The van der Waals surface area contributed by atoms with E-state index in [2.05, 4.69) is 45.2 Å². The van der Waals surface area contributed by atoms with Crippen molar-refractivity contribution in [1.29, 1.82) is 0 Å². The summed E-state index contributed by atoms with van der Waals surface area (Å²) in [6, 6.07) is 6.11. The monoisotopic (exact) mass is 280 g/mol. The second-order valence-corrected chi connectivity index (χ2v) is 4.75. The van der Waals surface area contributed by atoms with E-state index in [0.717, 1.165) is 5.56 Å². The zero-order chi connectivity index (χ0) is 14.8. The molecule has 0 radical (unpaired) electrons. The van der Waals surface area contributed by atoms with E-state index in [4.69, 9.17) is 0 Å². The third kappa shape index (κ3) is 2.47. The van der Waals surface area contributed by atoms with Crippen LogP contribution in [0.2, 0.25) is 0 Å². The summed E-state index contributed by atoms with van der Waals surface area (Å²) >= 11 is 0. The van der Waals surface area contributed by atoms with Gasteiger partial charge < -0.3 is 5.32 Å². The Morgan fingerprint density at radius 3 is 2.67 bits per heavy atom. The maximum atomic E-state index is 4.56. The van der Waals surface area contributed by atoms with Gasteiger partial charge in [-0.2, -0.15) is 15.0 Å². The van der Waals surface area contributed by atoms with Crippen LogP contribution in [0.1, 0.15) is 11.1 Å². The van der Waals surface area contributed by atoms with Crippen LogP contribution >= 0.6 is 0 Å². The van der Waals surface area contributed by atoms with Crippen LogP contribution in [0.5, 0.6) is 0 Å². The molecule has 0 saturated heterocycles. The van der Waals surface area contributed by atoms with E-state index in [1.165, 1.54) is 11.1 Å². The minimum absolute atomic E-state index is 0.532. The van der Waals surface area contributed by atoms with Crippen molar-refractivity contribution >= 4 is 5.95 Å². The van der Waals surface area contributed by atoms with Gasteiger partial charge in [0.05, 0.1) is 0 Å². The molecule has 0 bridgehead atoms. The molecule has 3 rings (SSSR count). The first-order valence-electron chi connectivity index (χ1n) is 6.68. The molecule has 2 heterocycles. The molecule has 0 atom stereocenters. The van der Waals surface area contributed by atoms with Crippen molar-refractivity contribution in [3.8, 4) is 17.3 Å². The molecule has 21 heavy (non-hydrogen) atoms. The molecule has 0 saturated carbocycles. The van der Waals surface area contributed by atoms with Crippen molar-refractivity contribution in [1.82, 2.24) is 24.5 Å². The number of nitrogens with one attached hydrogen (secondary N) is 1. The Labute approximate surface area is 122 Å². The van der Waals surface area contributed by atoms with Gasteiger partial charge in [-0.25, -0.2) is 4.98 Å². The molecule has 1 aromatic carbocycles. The summed E-state index contributed by atoms with van der Waals surface area (Å²) < 4.78 is 1.76. The van der Waals surface area contributed by atoms with Crippen molar-refractivity contribution in [2.75, 3.05) is 12.4 Å². The first-order valence-corrected chi connectivity index (χ1v) is 6.68. The number of imidazole rings is 1. The number of anilines is 1. The van der Waals surface area contributed by atoms with Crippen molar-refractivity contribution in [3.05, 3.63) is 48.0 Å². The quantitative estimate of drug-likeness (QED) is 0.797. The topological polar surface area (TPSA) is 68.5 Å². The first kappa shape index (κ1) is 13.2. The van der Waals surface area contributed by atoms with E-state index in [1.54, 1.807) is 24.1 Å². The van der Waals surface area contributed by atoms with E-state index in [9.17, 15) is 0 Å². The number of benzene rings is 1. The molecular weight excluding hydrogens is 264 g/mol. The Balaban J connectivity index is 2.18. The van der Waals surface area contributed by atoms with Crippen LogP contribution in [0.15, 0.2) is 36.9 Å². The lowest BCUT2D eigenvalue weighted by atomic mass is 10.0. The van der Waals surface area contributed by atoms with Gasteiger partial charge in [-0.1, -0.05) is 18.2 Å². The second kappa shape index (κ2) is 5.32. The van der Waals surface area contributed by atoms with E-state index in [1.807, 2.05) is 18.3 Å². The normalized spacial score (nSPS) is 10.6.